The molecule has 3 aliphatic rings. The summed E-state index contributed by atoms with van der Waals surface area (Å²) in [6.45, 7) is 9.55. The number of likely N-dealkylation sites (tertiary alicyclic amines) is 2. The Labute approximate surface area is 253 Å². The van der Waals surface area contributed by atoms with Crippen LogP contribution >= 0.6 is 0 Å². The molecule has 1 amide bonds. The van der Waals surface area contributed by atoms with Crippen molar-refractivity contribution in [3.63, 3.8) is 0 Å². The van der Waals surface area contributed by atoms with E-state index in [0.717, 1.165) is 42.4 Å². The lowest BCUT2D eigenvalue weighted by Crippen LogP contribution is -2.53. The molecule has 5 rings (SSSR count). The number of halogens is 4. The first-order valence-corrected chi connectivity index (χ1v) is 15.8. The van der Waals surface area contributed by atoms with Crippen molar-refractivity contribution in [3.8, 4) is 5.75 Å². The van der Waals surface area contributed by atoms with Gasteiger partial charge in [0.2, 0.25) is 5.67 Å². The fraction of sp³-hybridized carbons (Fsp3) is 0.629. The Bertz CT molecular complexity index is 1270. The molecule has 0 N–H and O–H groups in total. The summed E-state index contributed by atoms with van der Waals surface area (Å²) < 4.78 is 63.5. The average molecular weight is 603 g/mol. The first kappa shape index (κ1) is 31.8. The van der Waals surface area contributed by atoms with Gasteiger partial charge in [-0.15, -0.1) is 0 Å². The first-order valence-electron chi connectivity index (χ1n) is 15.8. The quantitative estimate of drug-likeness (QED) is 0.323. The number of hydrogen-bond donors (Lipinski definition) is 0. The van der Waals surface area contributed by atoms with E-state index in [9.17, 15) is 18.0 Å². The van der Waals surface area contributed by atoms with Crippen molar-refractivity contribution >= 4 is 5.91 Å². The second-order valence-electron chi connectivity index (χ2n) is 14.1. The lowest BCUT2D eigenvalue weighted by Gasteiger charge is -2.38. The minimum absolute atomic E-state index is 0.0229. The summed E-state index contributed by atoms with van der Waals surface area (Å²) in [5.74, 6) is 0.347. The standard InChI is InChI=1S/C35H46F4N2O2/c1-23-6-8-24(9-7-23)30-20-27(35(37,38)39)12-15-29(30)25-16-18-40(19-17-25)32(42)34(36)22-41(33(2,3)4)21-31(34)26-10-13-28(43-5)14-11-26/h10-15,20,23-25,31H,6-9,16-19,21-22H2,1-5H3/t23-,24-,31-,34-/m0/s1. The van der Waals surface area contributed by atoms with Crippen molar-refractivity contribution in [3.05, 3.63) is 64.7 Å². The third kappa shape index (κ3) is 6.59. The third-order valence-electron chi connectivity index (χ3n) is 10.3. The SMILES string of the molecule is COc1ccc([C@@H]2CN(C(C)(C)C)C[C@@]2(F)C(=O)N2CCC(c3ccc(C(F)(F)F)cc3[C@H]3CC[C@H](C)CC3)CC2)cc1. The Morgan fingerprint density at radius 2 is 1.49 bits per heavy atom. The zero-order valence-corrected chi connectivity index (χ0v) is 26.1. The number of amides is 1. The predicted molar refractivity (Wildman–Crippen MR) is 161 cm³/mol. The fourth-order valence-electron chi connectivity index (χ4n) is 7.46. The van der Waals surface area contributed by atoms with Gasteiger partial charge < -0.3 is 9.64 Å². The number of benzene rings is 2. The molecule has 2 aromatic carbocycles. The molecule has 0 bridgehead atoms. The highest BCUT2D eigenvalue weighted by Gasteiger charge is 2.57. The number of carbonyl (C=O) groups is 1. The summed E-state index contributed by atoms with van der Waals surface area (Å²) in [7, 11) is 1.59. The third-order valence-corrected chi connectivity index (χ3v) is 10.3. The fourth-order valence-corrected chi connectivity index (χ4v) is 7.46. The molecule has 0 aromatic heterocycles. The molecule has 3 fully saturated rings. The summed E-state index contributed by atoms with van der Waals surface area (Å²) in [6, 6.07) is 11.6. The molecule has 2 heterocycles. The largest absolute Gasteiger partial charge is 0.497 e. The lowest BCUT2D eigenvalue weighted by atomic mass is 9.74. The number of carbonyl (C=O) groups excluding carboxylic acids is 1. The van der Waals surface area contributed by atoms with E-state index in [0.29, 0.717) is 44.1 Å². The maximum atomic E-state index is 17.1. The zero-order chi connectivity index (χ0) is 31.2. The first-order chi connectivity index (χ1) is 20.2. The van der Waals surface area contributed by atoms with E-state index in [2.05, 4.69) is 6.92 Å². The van der Waals surface area contributed by atoms with Gasteiger partial charge in [-0.1, -0.05) is 38.0 Å². The van der Waals surface area contributed by atoms with E-state index in [1.807, 2.05) is 37.8 Å². The van der Waals surface area contributed by atoms with E-state index >= 15 is 4.39 Å². The lowest BCUT2D eigenvalue weighted by molar-refractivity contribution is -0.145. The van der Waals surface area contributed by atoms with E-state index in [-0.39, 0.29) is 23.9 Å². The van der Waals surface area contributed by atoms with Gasteiger partial charge in [0.25, 0.3) is 5.91 Å². The smallest absolute Gasteiger partial charge is 0.416 e. The number of methoxy groups -OCH3 is 1. The van der Waals surface area contributed by atoms with Crippen LogP contribution in [0.5, 0.6) is 5.75 Å². The molecule has 4 nitrogen and oxygen atoms in total. The molecule has 2 aliphatic heterocycles. The normalized spacial score (nSPS) is 27.8. The second kappa shape index (κ2) is 12.1. The molecular weight excluding hydrogens is 556 g/mol. The topological polar surface area (TPSA) is 32.8 Å². The maximum Gasteiger partial charge on any atom is 0.416 e. The zero-order valence-electron chi connectivity index (χ0n) is 26.1. The van der Waals surface area contributed by atoms with Gasteiger partial charge >= 0.3 is 6.18 Å². The average Bonchev–Trinajstić information content (AvgIpc) is 3.36. The van der Waals surface area contributed by atoms with Crippen LogP contribution in [-0.4, -0.2) is 60.2 Å². The van der Waals surface area contributed by atoms with Crippen LogP contribution in [0.15, 0.2) is 42.5 Å². The van der Waals surface area contributed by atoms with Gasteiger partial charge in [0.1, 0.15) is 5.75 Å². The molecule has 236 valence electrons. The van der Waals surface area contributed by atoms with Gasteiger partial charge in [0, 0.05) is 37.6 Å². The van der Waals surface area contributed by atoms with Crippen LogP contribution in [0.3, 0.4) is 0 Å². The Hall–Kier alpha value is -2.61. The number of piperidine rings is 1. The summed E-state index contributed by atoms with van der Waals surface area (Å²) in [6.07, 6.45) is 0.671. The number of nitrogens with zero attached hydrogens (tertiary/aromatic N) is 2. The predicted octanol–water partition coefficient (Wildman–Crippen LogP) is 8.32. The molecule has 2 atom stereocenters. The molecular formula is C35H46F4N2O2. The molecule has 8 heteroatoms. The molecule has 1 saturated carbocycles. The summed E-state index contributed by atoms with van der Waals surface area (Å²) >= 11 is 0. The van der Waals surface area contributed by atoms with Crippen LogP contribution < -0.4 is 4.74 Å². The highest BCUT2D eigenvalue weighted by molar-refractivity contribution is 5.87. The molecule has 0 spiro atoms. The highest BCUT2D eigenvalue weighted by Crippen LogP contribution is 2.46. The Balaban J connectivity index is 1.36. The van der Waals surface area contributed by atoms with Gasteiger partial charge in [-0.3, -0.25) is 9.69 Å². The number of ether oxygens (including phenoxy) is 1. The molecule has 1 aliphatic carbocycles. The maximum absolute atomic E-state index is 17.1. The number of hydrogen-bond acceptors (Lipinski definition) is 3. The van der Waals surface area contributed by atoms with E-state index < -0.39 is 29.2 Å². The van der Waals surface area contributed by atoms with Crippen LogP contribution in [0.1, 0.15) is 106 Å². The minimum atomic E-state index is -4.39. The van der Waals surface area contributed by atoms with E-state index in [1.165, 1.54) is 12.1 Å². The van der Waals surface area contributed by atoms with Gasteiger partial charge in [0.05, 0.1) is 12.7 Å². The van der Waals surface area contributed by atoms with Gasteiger partial charge in [0.15, 0.2) is 0 Å². The van der Waals surface area contributed by atoms with E-state index in [1.54, 1.807) is 30.2 Å². The molecule has 0 unspecified atom stereocenters. The van der Waals surface area contributed by atoms with Crippen molar-refractivity contribution in [1.29, 1.82) is 0 Å². The van der Waals surface area contributed by atoms with Gasteiger partial charge in [-0.2, -0.15) is 13.2 Å². The molecule has 2 saturated heterocycles. The van der Waals surface area contributed by atoms with Crippen LogP contribution in [0.2, 0.25) is 0 Å². The highest BCUT2D eigenvalue weighted by atomic mass is 19.4. The van der Waals surface area contributed by atoms with Crippen LogP contribution in [0.25, 0.3) is 0 Å². The monoisotopic (exact) mass is 602 g/mol. The Morgan fingerprint density at radius 1 is 0.884 bits per heavy atom. The minimum Gasteiger partial charge on any atom is -0.497 e. The Kier molecular flexibility index (Phi) is 8.92. The molecule has 0 radical (unpaired) electrons. The van der Waals surface area contributed by atoms with Gasteiger partial charge in [-0.25, -0.2) is 4.39 Å². The van der Waals surface area contributed by atoms with E-state index in [4.69, 9.17) is 4.74 Å². The van der Waals surface area contributed by atoms with Crippen molar-refractivity contribution in [2.75, 3.05) is 33.3 Å². The molecule has 43 heavy (non-hydrogen) atoms. The van der Waals surface area contributed by atoms with Crippen molar-refractivity contribution in [1.82, 2.24) is 9.80 Å². The number of alkyl halides is 4. The van der Waals surface area contributed by atoms with Crippen molar-refractivity contribution in [2.24, 2.45) is 5.92 Å². The van der Waals surface area contributed by atoms with Crippen LogP contribution in [0, 0.1) is 5.92 Å². The number of rotatable bonds is 5. The van der Waals surface area contributed by atoms with Crippen LogP contribution in [0.4, 0.5) is 17.6 Å². The Morgan fingerprint density at radius 3 is 2.05 bits per heavy atom. The van der Waals surface area contributed by atoms with Gasteiger partial charge in [-0.05, 0) is 105 Å². The van der Waals surface area contributed by atoms with Crippen molar-refractivity contribution in [2.45, 2.75) is 101 Å². The summed E-state index contributed by atoms with van der Waals surface area (Å²) in [4.78, 5) is 17.7. The summed E-state index contributed by atoms with van der Waals surface area (Å²) in [5, 5.41) is 0. The van der Waals surface area contributed by atoms with Crippen LogP contribution in [-0.2, 0) is 11.0 Å². The molecule has 2 aromatic rings. The van der Waals surface area contributed by atoms with Crippen molar-refractivity contribution < 1.29 is 27.1 Å². The second-order valence-corrected chi connectivity index (χ2v) is 14.1. The summed E-state index contributed by atoms with van der Waals surface area (Å²) in [5.41, 5.74) is -0.398.